The minimum atomic E-state index is -0.310. The zero-order valence-corrected chi connectivity index (χ0v) is 7.99. The summed E-state index contributed by atoms with van der Waals surface area (Å²) in [5, 5.41) is 12.3. The van der Waals surface area contributed by atoms with Crippen LogP contribution in [0.1, 0.15) is 12.5 Å². The van der Waals surface area contributed by atoms with Crippen molar-refractivity contribution in [2.24, 2.45) is 0 Å². The molecule has 3 heteroatoms. The van der Waals surface area contributed by atoms with Gasteiger partial charge < -0.3 is 5.11 Å². The lowest BCUT2D eigenvalue weighted by Crippen LogP contribution is -1.88. The Kier molecular flexibility index (Phi) is 1.96. The molecule has 0 fully saturated rings. The van der Waals surface area contributed by atoms with Gasteiger partial charge in [-0.05, 0) is 23.9 Å². The average Bonchev–Trinajstić information content (AvgIpc) is 2.53. The number of halogens is 1. The first-order valence-electron chi connectivity index (χ1n) is 4.11. The Hall–Kier alpha value is -1.09. The molecule has 0 saturated heterocycles. The second-order valence-electron chi connectivity index (χ2n) is 2.87. The number of fused-ring (bicyclic) bond motifs is 1. The molecule has 0 aliphatic heterocycles. The van der Waals surface area contributed by atoms with Crippen molar-refractivity contribution in [1.29, 1.82) is 0 Å². The van der Waals surface area contributed by atoms with Gasteiger partial charge in [-0.25, -0.2) is 4.39 Å². The third kappa shape index (κ3) is 1.20. The molecule has 2 aromatic rings. The summed E-state index contributed by atoms with van der Waals surface area (Å²) in [6, 6.07) is 3.30. The van der Waals surface area contributed by atoms with Gasteiger partial charge in [-0.15, -0.1) is 11.3 Å². The van der Waals surface area contributed by atoms with Crippen molar-refractivity contribution in [1.82, 2.24) is 0 Å². The molecule has 0 aliphatic carbocycles. The number of benzene rings is 1. The summed E-state index contributed by atoms with van der Waals surface area (Å²) in [4.78, 5) is 0. The zero-order valence-electron chi connectivity index (χ0n) is 7.17. The summed E-state index contributed by atoms with van der Waals surface area (Å²) in [5.41, 5.74) is 0.408. The van der Waals surface area contributed by atoms with Crippen LogP contribution in [-0.2, 0) is 6.42 Å². The Morgan fingerprint density at radius 1 is 1.54 bits per heavy atom. The zero-order chi connectivity index (χ0) is 9.42. The summed E-state index contributed by atoms with van der Waals surface area (Å²) in [7, 11) is 0. The Bertz CT molecular complexity index is 447. The van der Waals surface area contributed by atoms with Crippen LogP contribution < -0.4 is 0 Å². The molecule has 0 unspecified atom stereocenters. The fraction of sp³-hybridized carbons (Fsp3) is 0.200. The standard InChI is InChI=1S/C10H9FOS/c1-2-6-8(11)5-9-7(10(6)12)3-4-13-9/h3-5,12H,2H2,1H3. The topological polar surface area (TPSA) is 20.2 Å². The van der Waals surface area contributed by atoms with Gasteiger partial charge in [0.05, 0.1) is 0 Å². The summed E-state index contributed by atoms with van der Waals surface area (Å²) >= 11 is 1.43. The molecule has 1 heterocycles. The van der Waals surface area contributed by atoms with E-state index in [2.05, 4.69) is 0 Å². The maximum Gasteiger partial charge on any atom is 0.131 e. The van der Waals surface area contributed by atoms with Crippen molar-refractivity contribution >= 4 is 21.4 Å². The third-order valence-electron chi connectivity index (χ3n) is 2.14. The van der Waals surface area contributed by atoms with Crippen molar-refractivity contribution in [2.75, 3.05) is 0 Å². The molecule has 0 atom stereocenters. The normalized spacial score (nSPS) is 10.9. The monoisotopic (exact) mass is 196 g/mol. The number of phenols is 1. The lowest BCUT2D eigenvalue weighted by atomic mass is 10.1. The molecule has 1 nitrogen and oxygen atoms in total. The number of aromatic hydroxyl groups is 1. The Morgan fingerprint density at radius 2 is 2.31 bits per heavy atom. The minimum Gasteiger partial charge on any atom is -0.507 e. The van der Waals surface area contributed by atoms with Crippen molar-refractivity contribution < 1.29 is 9.50 Å². The second kappa shape index (κ2) is 3.00. The highest BCUT2D eigenvalue weighted by Gasteiger charge is 2.11. The highest BCUT2D eigenvalue weighted by Crippen LogP contribution is 2.34. The molecular weight excluding hydrogens is 187 g/mol. The van der Waals surface area contributed by atoms with E-state index in [1.54, 1.807) is 0 Å². The van der Waals surface area contributed by atoms with Crippen LogP contribution in [0.3, 0.4) is 0 Å². The number of rotatable bonds is 1. The van der Waals surface area contributed by atoms with Crippen molar-refractivity contribution in [3.8, 4) is 5.75 Å². The van der Waals surface area contributed by atoms with Gasteiger partial charge in [-0.3, -0.25) is 0 Å². The van der Waals surface area contributed by atoms with Crippen LogP contribution in [0.25, 0.3) is 10.1 Å². The van der Waals surface area contributed by atoms with E-state index in [0.717, 1.165) is 10.1 Å². The first-order valence-corrected chi connectivity index (χ1v) is 4.99. The van der Waals surface area contributed by atoms with Crippen molar-refractivity contribution in [2.45, 2.75) is 13.3 Å². The molecule has 0 radical (unpaired) electrons. The van der Waals surface area contributed by atoms with E-state index in [0.29, 0.717) is 12.0 Å². The van der Waals surface area contributed by atoms with Crippen LogP contribution in [0, 0.1) is 5.82 Å². The molecule has 0 bridgehead atoms. The molecule has 1 aromatic heterocycles. The van der Waals surface area contributed by atoms with Crippen LogP contribution >= 0.6 is 11.3 Å². The fourth-order valence-electron chi connectivity index (χ4n) is 1.44. The number of phenolic OH excluding ortho intramolecular Hbond substituents is 1. The van der Waals surface area contributed by atoms with E-state index < -0.39 is 0 Å². The van der Waals surface area contributed by atoms with Crippen LogP contribution in [0.15, 0.2) is 17.5 Å². The largest absolute Gasteiger partial charge is 0.507 e. The Balaban J connectivity index is 2.85. The maximum atomic E-state index is 13.3. The van der Waals surface area contributed by atoms with Gasteiger partial charge in [-0.1, -0.05) is 6.92 Å². The van der Waals surface area contributed by atoms with E-state index in [1.165, 1.54) is 17.4 Å². The highest BCUT2D eigenvalue weighted by molar-refractivity contribution is 7.17. The SMILES string of the molecule is CCc1c(F)cc2sccc2c1O. The van der Waals surface area contributed by atoms with Crippen LogP contribution in [0.4, 0.5) is 4.39 Å². The van der Waals surface area contributed by atoms with Crippen molar-refractivity contribution in [3.05, 3.63) is 28.9 Å². The lowest BCUT2D eigenvalue weighted by Gasteiger charge is -2.03. The molecule has 1 N–H and O–H groups in total. The molecule has 1 aromatic carbocycles. The maximum absolute atomic E-state index is 13.3. The number of thiophene rings is 1. The highest BCUT2D eigenvalue weighted by atomic mass is 32.1. The molecule has 0 saturated carbocycles. The molecule has 0 amide bonds. The fourth-order valence-corrected chi connectivity index (χ4v) is 2.26. The van der Waals surface area contributed by atoms with Gasteiger partial charge in [0.2, 0.25) is 0 Å². The third-order valence-corrected chi connectivity index (χ3v) is 3.00. The van der Waals surface area contributed by atoms with Gasteiger partial charge >= 0.3 is 0 Å². The van der Waals surface area contributed by atoms with E-state index in [-0.39, 0.29) is 11.6 Å². The lowest BCUT2D eigenvalue weighted by molar-refractivity contribution is 0.467. The molecule has 13 heavy (non-hydrogen) atoms. The van der Waals surface area contributed by atoms with E-state index in [1.807, 2.05) is 18.4 Å². The van der Waals surface area contributed by atoms with Gasteiger partial charge in [0.25, 0.3) is 0 Å². The Morgan fingerprint density at radius 3 is 3.00 bits per heavy atom. The predicted octanol–water partition coefficient (Wildman–Crippen LogP) is 3.31. The summed E-state index contributed by atoms with van der Waals surface area (Å²) in [6.45, 7) is 1.83. The summed E-state index contributed by atoms with van der Waals surface area (Å²) < 4.78 is 14.1. The average molecular weight is 196 g/mol. The molecule has 0 spiro atoms. The van der Waals surface area contributed by atoms with Gasteiger partial charge in [-0.2, -0.15) is 0 Å². The van der Waals surface area contributed by atoms with Crippen LogP contribution in [-0.4, -0.2) is 5.11 Å². The number of hydrogen-bond acceptors (Lipinski definition) is 2. The second-order valence-corrected chi connectivity index (χ2v) is 3.82. The van der Waals surface area contributed by atoms with Crippen molar-refractivity contribution in [3.63, 3.8) is 0 Å². The van der Waals surface area contributed by atoms with Gasteiger partial charge in [0.15, 0.2) is 0 Å². The number of hydrogen-bond donors (Lipinski definition) is 1. The minimum absolute atomic E-state index is 0.0961. The van der Waals surface area contributed by atoms with Crippen LogP contribution in [0.2, 0.25) is 0 Å². The molecular formula is C10H9FOS. The first kappa shape index (κ1) is 8.51. The predicted molar refractivity (Wildman–Crippen MR) is 52.8 cm³/mol. The van der Waals surface area contributed by atoms with E-state index in [9.17, 15) is 9.50 Å². The summed E-state index contributed by atoms with van der Waals surface area (Å²) in [5.74, 6) is -0.214. The molecule has 68 valence electrons. The first-order chi connectivity index (χ1) is 6.24. The van der Waals surface area contributed by atoms with Crippen LogP contribution in [0.5, 0.6) is 5.75 Å². The van der Waals surface area contributed by atoms with Gasteiger partial charge in [0, 0.05) is 15.6 Å². The smallest absolute Gasteiger partial charge is 0.131 e. The van der Waals surface area contributed by atoms with Gasteiger partial charge in [0.1, 0.15) is 11.6 Å². The summed E-state index contributed by atoms with van der Waals surface area (Å²) in [6.07, 6.45) is 0.517. The quantitative estimate of drug-likeness (QED) is 0.741. The van der Waals surface area contributed by atoms with E-state index in [4.69, 9.17) is 0 Å². The Labute approximate surface area is 79.4 Å². The molecule has 2 rings (SSSR count). The van der Waals surface area contributed by atoms with E-state index >= 15 is 0 Å². The molecule has 0 aliphatic rings.